The van der Waals surface area contributed by atoms with Crippen LogP contribution in [0.15, 0.2) is 33.6 Å². The number of hydrogen-bond acceptors (Lipinski definition) is 5. The molecule has 1 aromatic carbocycles. The van der Waals surface area contributed by atoms with Gasteiger partial charge in [0.15, 0.2) is 0 Å². The molecule has 3 rings (SSSR count). The molecule has 0 spiro atoms. The number of nitrogens with two attached hydrogens (primary N) is 1. The van der Waals surface area contributed by atoms with Crippen molar-refractivity contribution in [2.45, 2.75) is 17.2 Å². The zero-order valence-electron chi connectivity index (χ0n) is 9.30. The van der Waals surface area contributed by atoms with Crippen LogP contribution in [-0.2, 0) is 6.42 Å². The van der Waals surface area contributed by atoms with Gasteiger partial charge >= 0.3 is 0 Å². The van der Waals surface area contributed by atoms with Gasteiger partial charge in [-0.2, -0.15) is 0 Å². The zero-order chi connectivity index (χ0) is 11.7. The first-order valence-corrected chi connectivity index (χ1v) is 6.61. The second kappa shape index (κ2) is 4.50. The molecule has 0 saturated carbocycles. The van der Waals surface area contributed by atoms with E-state index < -0.39 is 0 Å². The van der Waals surface area contributed by atoms with E-state index in [9.17, 15) is 0 Å². The van der Waals surface area contributed by atoms with Crippen LogP contribution in [0.2, 0.25) is 0 Å². The Bertz CT molecular complexity index is 526. The van der Waals surface area contributed by atoms with Crippen LogP contribution in [0.4, 0.5) is 0 Å². The van der Waals surface area contributed by atoms with Gasteiger partial charge in [-0.3, -0.25) is 0 Å². The average Bonchev–Trinajstić information content (AvgIpc) is 2.95. The summed E-state index contributed by atoms with van der Waals surface area (Å²) in [5.74, 6) is 2.56. The van der Waals surface area contributed by atoms with Gasteiger partial charge in [0.2, 0.25) is 11.8 Å². The van der Waals surface area contributed by atoms with Gasteiger partial charge in [0.05, 0.1) is 5.92 Å². The van der Waals surface area contributed by atoms with Gasteiger partial charge in [0, 0.05) is 23.6 Å². The summed E-state index contributed by atoms with van der Waals surface area (Å²) in [6.45, 7) is 0.539. The molecule has 1 aromatic heterocycles. The summed E-state index contributed by atoms with van der Waals surface area (Å²) >= 11 is 1.84. The summed E-state index contributed by atoms with van der Waals surface area (Å²) in [5.41, 5.74) is 6.76. The van der Waals surface area contributed by atoms with Gasteiger partial charge in [0.25, 0.3) is 0 Å². The van der Waals surface area contributed by atoms with Crippen molar-refractivity contribution in [3.8, 4) is 0 Å². The number of thioether (sulfide) groups is 1. The van der Waals surface area contributed by atoms with Crippen LogP contribution < -0.4 is 5.73 Å². The molecule has 4 nitrogen and oxygen atoms in total. The molecule has 1 aliphatic rings. The Balaban J connectivity index is 1.90. The number of nitrogens with zero attached hydrogens (tertiary/aromatic N) is 2. The zero-order valence-corrected chi connectivity index (χ0v) is 10.1. The Hall–Kier alpha value is -1.33. The third-order valence-electron chi connectivity index (χ3n) is 2.84. The van der Waals surface area contributed by atoms with Gasteiger partial charge in [0.1, 0.15) is 0 Å². The van der Waals surface area contributed by atoms with Crippen molar-refractivity contribution >= 4 is 11.8 Å². The molecule has 5 heteroatoms. The second-order valence-corrected chi connectivity index (χ2v) is 5.04. The van der Waals surface area contributed by atoms with Gasteiger partial charge in [-0.1, -0.05) is 18.2 Å². The second-order valence-electron chi connectivity index (χ2n) is 3.97. The largest absolute Gasteiger partial charge is 0.425 e. The highest BCUT2D eigenvalue weighted by molar-refractivity contribution is 7.99. The lowest BCUT2D eigenvalue weighted by Crippen LogP contribution is -2.02. The van der Waals surface area contributed by atoms with E-state index in [1.165, 1.54) is 10.5 Å². The quantitative estimate of drug-likeness (QED) is 0.896. The van der Waals surface area contributed by atoms with Crippen molar-refractivity contribution in [1.82, 2.24) is 10.2 Å². The van der Waals surface area contributed by atoms with E-state index in [4.69, 9.17) is 10.2 Å². The highest BCUT2D eigenvalue weighted by atomic mass is 32.2. The number of aromatic nitrogens is 2. The summed E-state index contributed by atoms with van der Waals surface area (Å²) in [6.07, 6.45) is 0.647. The summed E-state index contributed by atoms with van der Waals surface area (Å²) in [5, 5.41) is 8.15. The first-order chi connectivity index (χ1) is 8.38. The summed E-state index contributed by atoms with van der Waals surface area (Å²) in [4.78, 5) is 1.32. The lowest BCUT2D eigenvalue weighted by molar-refractivity contribution is 0.441. The minimum atomic E-state index is 0.232. The number of fused-ring (bicyclic) bond motifs is 1. The Morgan fingerprint density at radius 2 is 2.24 bits per heavy atom. The Morgan fingerprint density at radius 3 is 3.12 bits per heavy atom. The fraction of sp³-hybridized carbons (Fsp3) is 0.333. The van der Waals surface area contributed by atoms with E-state index in [-0.39, 0.29) is 5.92 Å². The number of rotatable bonds is 3. The smallest absolute Gasteiger partial charge is 0.224 e. The molecule has 2 N–H and O–H groups in total. The first-order valence-electron chi connectivity index (χ1n) is 5.62. The predicted octanol–water partition coefficient (Wildman–Crippen LogP) is 1.81. The standard InChI is InChI=1S/C12H13N3OS/c13-6-5-11-14-15-12(16-11)9-7-17-10-4-2-1-3-8(9)10/h1-4,9H,5-7,13H2. The number of benzene rings is 1. The first kappa shape index (κ1) is 10.8. The molecule has 0 fully saturated rings. The lowest BCUT2D eigenvalue weighted by Gasteiger charge is -2.04. The molecule has 1 aliphatic heterocycles. The monoisotopic (exact) mass is 247 g/mol. The summed E-state index contributed by atoms with van der Waals surface area (Å²) in [7, 11) is 0. The topological polar surface area (TPSA) is 64.9 Å². The summed E-state index contributed by atoms with van der Waals surface area (Å²) < 4.78 is 5.65. The maximum Gasteiger partial charge on any atom is 0.224 e. The fourth-order valence-electron chi connectivity index (χ4n) is 2.00. The van der Waals surface area contributed by atoms with E-state index in [0.717, 1.165) is 5.75 Å². The van der Waals surface area contributed by atoms with Crippen LogP contribution >= 0.6 is 11.8 Å². The molecule has 0 aliphatic carbocycles. The maximum atomic E-state index is 5.65. The summed E-state index contributed by atoms with van der Waals surface area (Å²) in [6, 6.07) is 8.38. The van der Waals surface area contributed by atoms with Crippen LogP contribution in [0, 0.1) is 0 Å². The van der Waals surface area contributed by atoms with Gasteiger partial charge < -0.3 is 10.2 Å². The van der Waals surface area contributed by atoms with Crippen molar-refractivity contribution in [3.05, 3.63) is 41.6 Å². The fourth-order valence-corrected chi connectivity index (χ4v) is 3.22. The molecular weight excluding hydrogens is 234 g/mol. The molecule has 0 amide bonds. The van der Waals surface area contributed by atoms with E-state index in [0.29, 0.717) is 24.7 Å². The molecule has 1 atom stereocenters. The Morgan fingerprint density at radius 1 is 1.35 bits per heavy atom. The van der Waals surface area contributed by atoms with E-state index in [2.05, 4.69) is 34.5 Å². The third-order valence-corrected chi connectivity index (χ3v) is 4.02. The molecule has 1 unspecified atom stereocenters. The van der Waals surface area contributed by atoms with Crippen molar-refractivity contribution in [2.75, 3.05) is 12.3 Å². The van der Waals surface area contributed by atoms with Crippen LogP contribution in [0.3, 0.4) is 0 Å². The normalized spacial score (nSPS) is 18.3. The van der Waals surface area contributed by atoms with Crippen molar-refractivity contribution in [2.24, 2.45) is 5.73 Å². The van der Waals surface area contributed by atoms with E-state index >= 15 is 0 Å². The molecular formula is C12H13N3OS. The third kappa shape index (κ3) is 1.96. The van der Waals surface area contributed by atoms with E-state index in [1.54, 1.807) is 0 Å². The minimum absolute atomic E-state index is 0.232. The molecule has 2 aromatic rings. The van der Waals surface area contributed by atoms with Crippen LogP contribution in [0.5, 0.6) is 0 Å². The lowest BCUT2D eigenvalue weighted by atomic mass is 10.0. The van der Waals surface area contributed by atoms with Gasteiger partial charge in [-0.05, 0) is 11.6 Å². The average molecular weight is 247 g/mol. The van der Waals surface area contributed by atoms with Crippen LogP contribution in [0.1, 0.15) is 23.3 Å². The van der Waals surface area contributed by atoms with Gasteiger partial charge in [-0.15, -0.1) is 22.0 Å². The molecule has 88 valence electrons. The molecule has 0 radical (unpaired) electrons. The highest BCUT2D eigenvalue weighted by Crippen LogP contribution is 2.42. The molecule has 17 heavy (non-hydrogen) atoms. The van der Waals surface area contributed by atoms with Crippen molar-refractivity contribution < 1.29 is 4.42 Å². The molecule has 0 bridgehead atoms. The SMILES string of the molecule is NCCc1nnc(C2CSc3ccccc32)o1. The maximum absolute atomic E-state index is 5.65. The minimum Gasteiger partial charge on any atom is -0.425 e. The predicted molar refractivity (Wildman–Crippen MR) is 66.1 cm³/mol. The van der Waals surface area contributed by atoms with Crippen molar-refractivity contribution in [3.63, 3.8) is 0 Å². The Kier molecular flexibility index (Phi) is 2.86. The van der Waals surface area contributed by atoms with Crippen LogP contribution in [-0.4, -0.2) is 22.5 Å². The highest BCUT2D eigenvalue weighted by Gasteiger charge is 2.28. The Labute approximate surface area is 104 Å². The number of hydrogen-bond donors (Lipinski definition) is 1. The molecule has 0 saturated heterocycles. The van der Waals surface area contributed by atoms with Crippen LogP contribution in [0.25, 0.3) is 0 Å². The molecule has 2 heterocycles. The van der Waals surface area contributed by atoms with Crippen molar-refractivity contribution in [1.29, 1.82) is 0 Å². The van der Waals surface area contributed by atoms with E-state index in [1.807, 2.05) is 11.8 Å². The van der Waals surface area contributed by atoms with Gasteiger partial charge in [-0.25, -0.2) is 0 Å².